The highest BCUT2D eigenvalue weighted by Crippen LogP contribution is 2.26. The van der Waals surface area contributed by atoms with Crippen molar-refractivity contribution in [3.8, 4) is 5.75 Å². The van der Waals surface area contributed by atoms with Gasteiger partial charge in [-0.05, 0) is 68.1 Å². The number of anilines is 1. The van der Waals surface area contributed by atoms with Crippen molar-refractivity contribution in [1.29, 1.82) is 0 Å². The number of rotatable bonds is 5. The summed E-state index contributed by atoms with van der Waals surface area (Å²) in [5.41, 5.74) is 4.64. The van der Waals surface area contributed by atoms with E-state index in [-0.39, 0.29) is 5.91 Å². The summed E-state index contributed by atoms with van der Waals surface area (Å²) < 4.78 is 6.06. The van der Waals surface area contributed by atoms with Crippen LogP contribution in [-0.4, -0.2) is 43.1 Å². The van der Waals surface area contributed by atoms with E-state index in [1.807, 2.05) is 56.0 Å². The summed E-state index contributed by atoms with van der Waals surface area (Å²) >= 11 is 6.17. The lowest BCUT2D eigenvalue weighted by Gasteiger charge is -2.38. The average Bonchev–Trinajstić information content (AvgIpc) is 2.67. The standard InChI is InChI=1S/C23H29ClN2O2/c1-5-22(28-20-13-16(2)12-17(3)14-20)23(27)26-10-8-25(9-11-26)21-15-19(24)7-6-18(21)4/h6-7,12-15,22H,5,8-11H2,1-4H3/t22-/m1/s1. The average molecular weight is 401 g/mol. The highest BCUT2D eigenvalue weighted by Gasteiger charge is 2.28. The number of carbonyl (C=O) groups excluding carboxylic acids is 1. The molecule has 0 saturated carbocycles. The molecule has 1 aliphatic rings. The van der Waals surface area contributed by atoms with Gasteiger partial charge in [-0.15, -0.1) is 0 Å². The number of aryl methyl sites for hydroxylation is 3. The Kier molecular flexibility index (Phi) is 6.50. The predicted molar refractivity (Wildman–Crippen MR) is 116 cm³/mol. The third-order valence-corrected chi connectivity index (χ3v) is 5.46. The quantitative estimate of drug-likeness (QED) is 0.724. The smallest absolute Gasteiger partial charge is 0.263 e. The van der Waals surface area contributed by atoms with Crippen molar-refractivity contribution in [3.05, 3.63) is 58.1 Å². The van der Waals surface area contributed by atoms with Crippen LogP contribution in [0.3, 0.4) is 0 Å². The molecule has 0 aliphatic carbocycles. The first-order valence-electron chi connectivity index (χ1n) is 9.92. The Labute approximate surface area is 173 Å². The highest BCUT2D eigenvalue weighted by molar-refractivity contribution is 6.30. The number of hydrogen-bond donors (Lipinski definition) is 0. The number of amides is 1. The van der Waals surface area contributed by atoms with Crippen molar-refractivity contribution in [2.24, 2.45) is 0 Å². The van der Waals surface area contributed by atoms with Crippen molar-refractivity contribution in [1.82, 2.24) is 4.90 Å². The molecule has 1 atom stereocenters. The third-order valence-electron chi connectivity index (χ3n) is 5.22. The van der Waals surface area contributed by atoms with Gasteiger partial charge in [-0.1, -0.05) is 30.7 Å². The second-order valence-electron chi connectivity index (χ2n) is 7.58. The van der Waals surface area contributed by atoms with Crippen LogP contribution in [0, 0.1) is 20.8 Å². The van der Waals surface area contributed by atoms with Gasteiger partial charge in [0.1, 0.15) is 5.75 Å². The first-order valence-corrected chi connectivity index (χ1v) is 10.3. The number of hydrogen-bond acceptors (Lipinski definition) is 3. The molecule has 0 radical (unpaired) electrons. The van der Waals surface area contributed by atoms with E-state index < -0.39 is 6.10 Å². The second-order valence-corrected chi connectivity index (χ2v) is 8.02. The van der Waals surface area contributed by atoms with Gasteiger partial charge in [-0.25, -0.2) is 0 Å². The van der Waals surface area contributed by atoms with Crippen LogP contribution in [0.25, 0.3) is 0 Å². The van der Waals surface area contributed by atoms with E-state index in [1.54, 1.807) is 0 Å². The van der Waals surface area contributed by atoms with Crippen molar-refractivity contribution in [2.75, 3.05) is 31.1 Å². The van der Waals surface area contributed by atoms with Crippen LogP contribution >= 0.6 is 11.6 Å². The maximum absolute atomic E-state index is 13.0. The normalized spacial score (nSPS) is 15.5. The summed E-state index contributed by atoms with van der Waals surface area (Å²) in [4.78, 5) is 17.3. The summed E-state index contributed by atoms with van der Waals surface area (Å²) in [6, 6.07) is 12.0. The fourth-order valence-electron chi connectivity index (χ4n) is 3.77. The van der Waals surface area contributed by atoms with Crippen LogP contribution in [0.4, 0.5) is 5.69 Å². The van der Waals surface area contributed by atoms with Crippen LogP contribution < -0.4 is 9.64 Å². The Morgan fingerprint density at radius 1 is 1.04 bits per heavy atom. The van der Waals surface area contributed by atoms with Gasteiger partial charge in [0.2, 0.25) is 0 Å². The minimum absolute atomic E-state index is 0.0733. The van der Waals surface area contributed by atoms with E-state index in [0.29, 0.717) is 19.5 Å². The summed E-state index contributed by atoms with van der Waals surface area (Å²) in [7, 11) is 0. The van der Waals surface area contributed by atoms with E-state index in [9.17, 15) is 4.79 Å². The molecule has 2 aromatic carbocycles. The molecular weight excluding hydrogens is 372 g/mol. The molecule has 0 aromatic heterocycles. The molecule has 1 fully saturated rings. The molecule has 150 valence electrons. The van der Waals surface area contributed by atoms with Crippen molar-refractivity contribution in [2.45, 2.75) is 40.2 Å². The topological polar surface area (TPSA) is 32.8 Å². The number of piperazine rings is 1. The molecule has 0 N–H and O–H groups in total. The molecule has 1 saturated heterocycles. The number of nitrogens with zero attached hydrogens (tertiary/aromatic N) is 2. The summed E-state index contributed by atoms with van der Waals surface area (Å²) in [5.74, 6) is 0.843. The number of carbonyl (C=O) groups is 1. The summed E-state index contributed by atoms with van der Waals surface area (Å²) in [6.45, 7) is 11.2. The van der Waals surface area contributed by atoms with Gasteiger partial charge >= 0.3 is 0 Å². The van der Waals surface area contributed by atoms with E-state index in [1.165, 1.54) is 5.56 Å². The zero-order chi connectivity index (χ0) is 20.3. The van der Waals surface area contributed by atoms with Crippen LogP contribution in [0.2, 0.25) is 5.02 Å². The van der Waals surface area contributed by atoms with Crippen LogP contribution in [0.1, 0.15) is 30.0 Å². The molecule has 0 spiro atoms. The lowest BCUT2D eigenvalue weighted by atomic mass is 10.1. The second kappa shape index (κ2) is 8.87. The SMILES string of the molecule is CC[C@@H](Oc1cc(C)cc(C)c1)C(=O)N1CCN(c2cc(Cl)ccc2C)CC1. The summed E-state index contributed by atoms with van der Waals surface area (Å²) in [5, 5.41) is 0.743. The lowest BCUT2D eigenvalue weighted by Crippen LogP contribution is -2.52. The van der Waals surface area contributed by atoms with Gasteiger partial charge in [0, 0.05) is 36.9 Å². The van der Waals surface area contributed by atoms with Crippen molar-refractivity contribution < 1.29 is 9.53 Å². The summed E-state index contributed by atoms with van der Waals surface area (Å²) in [6.07, 6.45) is 0.208. The van der Waals surface area contributed by atoms with E-state index >= 15 is 0 Å². The van der Waals surface area contributed by atoms with Crippen LogP contribution in [0.5, 0.6) is 5.75 Å². The number of halogens is 1. The van der Waals surface area contributed by atoms with Crippen LogP contribution in [0.15, 0.2) is 36.4 Å². The fourth-order valence-corrected chi connectivity index (χ4v) is 3.93. The molecule has 5 heteroatoms. The predicted octanol–water partition coefficient (Wildman–Crippen LogP) is 4.77. The zero-order valence-electron chi connectivity index (χ0n) is 17.2. The molecular formula is C23H29ClN2O2. The monoisotopic (exact) mass is 400 g/mol. The first-order chi connectivity index (χ1) is 13.4. The molecule has 4 nitrogen and oxygen atoms in total. The lowest BCUT2D eigenvalue weighted by molar-refractivity contribution is -0.139. The minimum Gasteiger partial charge on any atom is -0.481 e. The van der Waals surface area contributed by atoms with Gasteiger partial charge < -0.3 is 14.5 Å². The Hall–Kier alpha value is -2.20. The largest absolute Gasteiger partial charge is 0.481 e. The van der Waals surface area contributed by atoms with Gasteiger partial charge in [-0.3, -0.25) is 4.79 Å². The Morgan fingerprint density at radius 3 is 2.29 bits per heavy atom. The van der Waals surface area contributed by atoms with Gasteiger partial charge in [0.15, 0.2) is 6.10 Å². The molecule has 2 aromatic rings. The third kappa shape index (κ3) is 4.79. The number of benzene rings is 2. The molecule has 3 rings (SSSR count). The van der Waals surface area contributed by atoms with Crippen LogP contribution in [-0.2, 0) is 4.79 Å². The fraction of sp³-hybridized carbons (Fsp3) is 0.435. The van der Waals surface area contributed by atoms with Gasteiger partial charge in [-0.2, -0.15) is 0 Å². The molecule has 0 unspecified atom stereocenters. The van der Waals surface area contributed by atoms with Crippen molar-refractivity contribution in [3.63, 3.8) is 0 Å². The molecule has 1 amide bonds. The van der Waals surface area contributed by atoms with E-state index in [4.69, 9.17) is 16.3 Å². The zero-order valence-corrected chi connectivity index (χ0v) is 17.9. The van der Waals surface area contributed by atoms with Crippen molar-refractivity contribution >= 4 is 23.2 Å². The molecule has 1 heterocycles. The maximum atomic E-state index is 13.0. The Balaban J connectivity index is 1.63. The Morgan fingerprint density at radius 2 is 1.68 bits per heavy atom. The maximum Gasteiger partial charge on any atom is 0.263 e. The highest BCUT2D eigenvalue weighted by atomic mass is 35.5. The van der Waals surface area contributed by atoms with Gasteiger partial charge in [0.25, 0.3) is 5.91 Å². The Bertz CT molecular complexity index is 824. The van der Waals surface area contributed by atoms with E-state index in [2.05, 4.69) is 17.9 Å². The number of ether oxygens (including phenoxy) is 1. The minimum atomic E-state index is -0.444. The van der Waals surface area contributed by atoms with Gasteiger partial charge in [0.05, 0.1) is 0 Å². The molecule has 1 aliphatic heterocycles. The molecule has 0 bridgehead atoms. The first kappa shape index (κ1) is 20.5. The van der Waals surface area contributed by atoms with E-state index in [0.717, 1.165) is 40.7 Å². The molecule has 28 heavy (non-hydrogen) atoms.